The smallest absolute Gasteiger partial charge is 0.280 e. The lowest BCUT2D eigenvalue weighted by Crippen LogP contribution is -2.41. The number of likely N-dealkylation sites (tertiary alicyclic amines) is 1. The van der Waals surface area contributed by atoms with Crippen molar-refractivity contribution in [2.45, 2.75) is 25.3 Å². The number of hydrogen-bond acceptors (Lipinski definition) is 5. The molecule has 0 aromatic heterocycles. The third-order valence-electron chi connectivity index (χ3n) is 6.44. The Morgan fingerprint density at radius 1 is 1.24 bits per heavy atom. The van der Waals surface area contributed by atoms with Crippen molar-refractivity contribution >= 4 is 17.6 Å². The molecule has 1 saturated heterocycles. The number of nitrogens with zero attached hydrogens (tertiary/aromatic N) is 4. The highest BCUT2D eigenvalue weighted by molar-refractivity contribution is 6.15. The van der Waals surface area contributed by atoms with Gasteiger partial charge in [0.1, 0.15) is 0 Å². The van der Waals surface area contributed by atoms with Crippen LogP contribution in [-0.2, 0) is 0 Å². The quantitative estimate of drug-likeness (QED) is 0.542. The molecule has 1 fully saturated rings. The Labute approximate surface area is 201 Å². The number of rotatable bonds is 5. The van der Waals surface area contributed by atoms with E-state index in [0.29, 0.717) is 23.8 Å². The monoisotopic (exact) mass is 463 g/mol. The first kappa shape index (κ1) is 23.8. The molecule has 2 aliphatic rings. The lowest BCUT2D eigenvalue weighted by Gasteiger charge is -2.39. The molecule has 0 spiro atoms. The van der Waals surface area contributed by atoms with E-state index in [1.165, 1.54) is 5.56 Å². The molecule has 8 nitrogen and oxygen atoms in total. The lowest BCUT2D eigenvalue weighted by atomic mass is 9.79. The number of nitrogens with two attached hydrogens (primary N) is 1. The highest BCUT2D eigenvalue weighted by Crippen LogP contribution is 2.42. The van der Waals surface area contributed by atoms with Gasteiger partial charge >= 0.3 is 0 Å². The van der Waals surface area contributed by atoms with Crippen LogP contribution in [0.5, 0.6) is 11.5 Å². The summed E-state index contributed by atoms with van der Waals surface area (Å²) in [4.78, 5) is 25.6. The number of fused-ring (bicyclic) bond motifs is 3. The van der Waals surface area contributed by atoms with Crippen LogP contribution in [0.1, 0.15) is 46.3 Å². The molecule has 0 aliphatic carbocycles. The van der Waals surface area contributed by atoms with Crippen LogP contribution >= 0.6 is 0 Å². The second-order valence-electron chi connectivity index (χ2n) is 8.97. The first-order valence-electron chi connectivity index (χ1n) is 11.6. The number of aliphatic imine (C=N–C) groups is 2. The fourth-order valence-electron chi connectivity index (χ4n) is 4.58. The predicted octanol–water partition coefficient (Wildman–Crippen LogP) is 2.75. The van der Waals surface area contributed by atoms with Crippen LogP contribution in [0.3, 0.4) is 0 Å². The highest BCUT2D eigenvalue weighted by atomic mass is 16.5. The number of amides is 1. The summed E-state index contributed by atoms with van der Waals surface area (Å²) in [6, 6.07) is 11.8. The summed E-state index contributed by atoms with van der Waals surface area (Å²) in [5.74, 6) is 1.55. The van der Waals surface area contributed by atoms with Crippen LogP contribution in [0, 0.1) is 0 Å². The molecule has 0 saturated carbocycles. The number of carbonyl (C=O) groups excluding carboxylic acids is 1. The minimum Gasteiger partial charge on any atom is -0.493 e. The average molecular weight is 464 g/mol. The van der Waals surface area contributed by atoms with Gasteiger partial charge in [-0.1, -0.05) is 12.1 Å². The summed E-state index contributed by atoms with van der Waals surface area (Å²) >= 11 is 0. The summed E-state index contributed by atoms with van der Waals surface area (Å²) < 4.78 is 11.5. The van der Waals surface area contributed by atoms with Crippen molar-refractivity contribution in [3.05, 3.63) is 58.7 Å². The van der Waals surface area contributed by atoms with Crippen molar-refractivity contribution in [1.29, 1.82) is 0 Å². The number of piperidine rings is 1. The second-order valence-corrected chi connectivity index (χ2v) is 8.97. The van der Waals surface area contributed by atoms with Gasteiger partial charge in [0.15, 0.2) is 17.5 Å². The summed E-state index contributed by atoms with van der Waals surface area (Å²) in [7, 11) is 7.30. The minimum atomic E-state index is -0.373. The molecule has 2 aromatic carbocycles. The van der Waals surface area contributed by atoms with Crippen LogP contribution in [-0.4, -0.2) is 81.4 Å². The summed E-state index contributed by atoms with van der Waals surface area (Å²) in [6.45, 7) is 4.51. The summed E-state index contributed by atoms with van der Waals surface area (Å²) in [5, 5.41) is 0. The van der Waals surface area contributed by atoms with E-state index in [-0.39, 0.29) is 17.9 Å². The molecular weight excluding hydrogens is 430 g/mol. The van der Waals surface area contributed by atoms with Crippen molar-refractivity contribution in [3.8, 4) is 11.5 Å². The standard InChI is InChI=1S/C26H33N5O3/c1-6-34-23-13-18-19(14-22(23)33-5)24(28-21-11-12-31(4)15-20(18)21)16-7-9-17(10-8-16)25(32)29-26(27)30(2)3/h7-10,13-14,20-21H,6,11-12,15H2,1-5H3,(H2,27,29,32). The van der Waals surface area contributed by atoms with Gasteiger partial charge in [-0.2, -0.15) is 4.99 Å². The zero-order valence-corrected chi connectivity index (χ0v) is 20.5. The SMILES string of the molecule is CCOc1cc2c(cc1OC)C(c1ccc(C(=O)N=C(N)N(C)C)cc1)=NC1CCN(C)CC21. The van der Waals surface area contributed by atoms with Crippen molar-refractivity contribution in [3.63, 3.8) is 0 Å². The fraction of sp³-hybridized carbons (Fsp3) is 0.423. The van der Waals surface area contributed by atoms with Crippen molar-refractivity contribution in [2.75, 3.05) is 47.9 Å². The van der Waals surface area contributed by atoms with Crippen LogP contribution in [0.25, 0.3) is 0 Å². The van der Waals surface area contributed by atoms with E-state index < -0.39 is 0 Å². The van der Waals surface area contributed by atoms with Crippen molar-refractivity contribution in [1.82, 2.24) is 9.80 Å². The van der Waals surface area contributed by atoms with Gasteiger partial charge in [-0.3, -0.25) is 9.79 Å². The molecule has 2 aromatic rings. The van der Waals surface area contributed by atoms with E-state index in [4.69, 9.17) is 20.2 Å². The molecule has 2 aliphatic heterocycles. The van der Waals surface area contributed by atoms with Crippen molar-refractivity contribution < 1.29 is 14.3 Å². The van der Waals surface area contributed by atoms with Gasteiger partial charge in [0.2, 0.25) is 0 Å². The maximum atomic E-state index is 12.5. The maximum Gasteiger partial charge on any atom is 0.280 e. The molecule has 2 N–H and O–H groups in total. The topological polar surface area (TPSA) is 92.7 Å². The van der Waals surface area contributed by atoms with Gasteiger partial charge < -0.3 is 25.0 Å². The first-order chi connectivity index (χ1) is 16.3. The zero-order chi connectivity index (χ0) is 24.4. The minimum absolute atomic E-state index is 0.171. The normalized spacial score (nSPS) is 20.1. The Bertz CT molecular complexity index is 1120. The lowest BCUT2D eigenvalue weighted by molar-refractivity contribution is 0.100. The van der Waals surface area contributed by atoms with E-state index in [9.17, 15) is 4.79 Å². The van der Waals surface area contributed by atoms with Crippen molar-refractivity contribution in [2.24, 2.45) is 15.7 Å². The van der Waals surface area contributed by atoms with Crippen LogP contribution in [0.15, 0.2) is 46.4 Å². The molecule has 2 heterocycles. The van der Waals surface area contributed by atoms with E-state index >= 15 is 0 Å². The van der Waals surface area contributed by atoms with Crippen LogP contribution in [0.2, 0.25) is 0 Å². The molecule has 8 heteroatoms. The number of likely N-dealkylation sites (N-methyl/N-ethyl adjacent to an activating group) is 1. The van der Waals surface area contributed by atoms with E-state index in [0.717, 1.165) is 42.1 Å². The van der Waals surface area contributed by atoms with Gasteiger partial charge in [0.25, 0.3) is 5.91 Å². The Morgan fingerprint density at radius 3 is 2.62 bits per heavy atom. The number of ether oxygens (including phenoxy) is 2. The molecule has 1 amide bonds. The summed E-state index contributed by atoms with van der Waals surface area (Å²) in [5.41, 5.74) is 10.4. The van der Waals surface area contributed by atoms with Crippen LogP contribution < -0.4 is 15.2 Å². The largest absolute Gasteiger partial charge is 0.493 e. The first-order valence-corrected chi connectivity index (χ1v) is 11.6. The number of methoxy groups -OCH3 is 1. The number of guanidine groups is 1. The zero-order valence-electron chi connectivity index (χ0n) is 20.5. The van der Waals surface area contributed by atoms with Gasteiger partial charge in [0, 0.05) is 43.2 Å². The Hall–Kier alpha value is -3.39. The van der Waals surface area contributed by atoms with Gasteiger partial charge in [-0.05, 0) is 56.8 Å². The van der Waals surface area contributed by atoms with E-state index in [2.05, 4.69) is 23.0 Å². The Morgan fingerprint density at radius 2 is 1.97 bits per heavy atom. The third-order valence-corrected chi connectivity index (χ3v) is 6.44. The number of carbonyl (C=O) groups is 1. The Balaban J connectivity index is 1.75. The molecule has 34 heavy (non-hydrogen) atoms. The number of hydrogen-bond donors (Lipinski definition) is 1. The molecule has 0 radical (unpaired) electrons. The highest BCUT2D eigenvalue weighted by Gasteiger charge is 2.36. The molecule has 4 rings (SSSR count). The Kier molecular flexibility index (Phi) is 6.88. The maximum absolute atomic E-state index is 12.5. The van der Waals surface area contributed by atoms with Crippen LogP contribution in [0.4, 0.5) is 0 Å². The van der Waals surface area contributed by atoms with Gasteiger partial charge in [-0.25, -0.2) is 0 Å². The predicted molar refractivity (Wildman–Crippen MR) is 135 cm³/mol. The summed E-state index contributed by atoms with van der Waals surface area (Å²) in [6.07, 6.45) is 0.995. The van der Waals surface area contributed by atoms with Gasteiger partial charge in [-0.15, -0.1) is 0 Å². The molecular formula is C26H33N5O3. The number of benzene rings is 2. The molecule has 180 valence electrons. The van der Waals surface area contributed by atoms with E-state index in [1.807, 2.05) is 25.1 Å². The third kappa shape index (κ3) is 4.63. The fourth-order valence-corrected chi connectivity index (χ4v) is 4.58. The van der Waals surface area contributed by atoms with E-state index in [1.54, 1.807) is 38.2 Å². The molecule has 2 unspecified atom stereocenters. The van der Waals surface area contributed by atoms with Gasteiger partial charge in [0.05, 0.1) is 25.5 Å². The molecule has 0 bridgehead atoms. The second kappa shape index (κ2) is 9.85. The molecule has 2 atom stereocenters. The average Bonchev–Trinajstić information content (AvgIpc) is 2.83.